The quantitative estimate of drug-likeness (QED) is 0.598. The van der Waals surface area contributed by atoms with Crippen LogP contribution in [0.15, 0.2) is 0 Å². The number of hydrogen-bond donors (Lipinski definition) is 3. The van der Waals surface area contributed by atoms with Gasteiger partial charge in [0, 0.05) is 12.0 Å². The number of hydrogen-bond acceptors (Lipinski definition) is 4. The largest absolute Gasteiger partial charge is 0.396 e. The zero-order chi connectivity index (χ0) is 14.6. The van der Waals surface area contributed by atoms with Crippen molar-refractivity contribution in [2.45, 2.75) is 32.1 Å². The van der Waals surface area contributed by atoms with E-state index in [1.807, 2.05) is 0 Å². The molecule has 0 atom stereocenters. The Balaban J connectivity index is 1.82. The molecule has 1 saturated heterocycles. The molecule has 112 valence electrons. The fourth-order valence-corrected chi connectivity index (χ4v) is 2.79. The van der Waals surface area contributed by atoms with Gasteiger partial charge in [-0.2, -0.15) is 0 Å². The van der Waals surface area contributed by atoms with Crippen LogP contribution in [0.3, 0.4) is 0 Å². The lowest BCUT2D eigenvalue weighted by molar-refractivity contribution is -0.131. The summed E-state index contributed by atoms with van der Waals surface area (Å²) in [5.41, 5.74) is -0.245. The number of aliphatic hydroxyl groups excluding tert-OH is 1. The number of amides is 4. The molecule has 7 nitrogen and oxygen atoms in total. The summed E-state index contributed by atoms with van der Waals surface area (Å²) in [4.78, 5) is 35.4. The van der Waals surface area contributed by atoms with Gasteiger partial charge >= 0.3 is 6.03 Å². The van der Waals surface area contributed by atoms with Crippen molar-refractivity contribution in [3.63, 3.8) is 0 Å². The number of carbonyl (C=O) groups is 3. The summed E-state index contributed by atoms with van der Waals surface area (Å²) in [6.45, 7) is 0.140. The van der Waals surface area contributed by atoms with Gasteiger partial charge in [-0.25, -0.2) is 4.79 Å². The number of aliphatic hydroxyl groups is 1. The van der Waals surface area contributed by atoms with Crippen molar-refractivity contribution >= 4 is 17.8 Å². The van der Waals surface area contributed by atoms with Gasteiger partial charge in [0.1, 0.15) is 6.54 Å². The van der Waals surface area contributed by atoms with E-state index in [2.05, 4.69) is 10.6 Å². The van der Waals surface area contributed by atoms with Gasteiger partial charge in [0.2, 0.25) is 5.91 Å². The third-order valence-electron chi connectivity index (χ3n) is 4.15. The van der Waals surface area contributed by atoms with Crippen LogP contribution in [0.25, 0.3) is 0 Å². The number of rotatable bonds is 5. The van der Waals surface area contributed by atoms with Gasteiger partial charge in [-0.15, -0.1) is 0 Å². The van der Waals surface area contributed by atoms with Crippen LogP contribution in [0.2, 0.25) is 0 Å². The molecule has 0 radical (unpaired) electrons. The second-order valence-electron chi connectivity index (χ2n) is 5.63. The molecule has 1 saturated carbocycles. The number of urea groups is 1. The van der Waals surface area contributed by atoms with Crippen molar-refractivity contribution in [3.8, 4) is 0 Å². The molecule has 0 bridgehead atoms. The van der Waals surface area contributed by atoms with Crippen LogP contribution in [-0.4, -0.2) is 54.1 Å². The van der Waals surface area contributed by atoms with Gasteiger partial charge in [-0.1, -0.05) is 19.3 Å². The Morgan fingerprint density at radius 3 is 2.55 bits per heavy atom. The Morgan fingerprint density at radius 2 is 2.00 bits per heavy atom. The second-order valence-corrected chi connectivity index (χ2v) is 5.63. The van der Waals surface area contributed by atoms with E-state index in [9.17, 15) is 19.5 Å². The van der Waals surface area contributed by atoms with E-state index >= 15 is 0 Å². The first-order valence-corrected chi connectivity index (χ1v) is 7.02. The molecule has 2 fully saturated rings. The summed E-state index contributed by atoms with van der Waals surface area (Å²) < 4.78 is 0. The van der Waals surface area contributed by atoms with Crippen molar-refractivity contribution in [3.05, 3.63) is 0 Å². The van der Waals surface area contributed by atoms with Gasteiger partial charge in [0.05, 0.1) is 13.2 Å². The Bertz CT molecular complexity index is 388. The average molecular weight is 283 g/mol. The molecule has 0 aromatic carbocycles. The second kappa shape index (κ2) is 6.21. The molecule has 7 heteroatoms. The van der Waals surface area contributed by atoms with Crippen molar-refractivity contribution in [2.75, 3.05) is 26.2 Å². The fraction of sp³-hybridized carbons (Fsp3) is 0.769. The van der Waals surface area contributed by atoms with Gasteiger partial charge in [0.15, 0.2) is 0 Å². The smallest absolute Gasteiger partial charge is 0.325 e. The first-order valence-electron chi connectivity index (χ1n) is 7.02. The van der Waals surface area contributed by atoms with Crippen LogP contribution >= 0.6 is 0 Å². The number of nitrogens with one attached hydrogen (secondary N) is 2. The molecule has 1 aliphatic carbocycles. The van der Waals surface area contributed by atoms with Crippen LogP contribution in [0.1, 0.15) is 32.1 Å². The predicted molar refractivity (Wildman–Crippen MR) is 70.7 cm³/mol. The fourth-order valence-electron chi connectivity index (χ4n) is 2.79. The molecule has 1 aliphatic heterocycles. The van der Waals surface area contributed by atoms with Gasteiger partial charge in [-0.05, 0) is 12.8 Å². The standard InChI is InChI=1S/C13H21N3O4/c17-9-13(4-2-1-3-5-13)8-15-10(18)7-16-11(19)6-14-12(16)20/h17H,1-9H2,(H,14,20)(H,15,18). The summed E-state index contributed by atoms with van der Waals surface area (Å²) in [7, 11) is 0. The minimum absolute atomic E-state index is 0.0489. The molecule has 0 aromatic rings. The molecule has 2 rings (SSSR count). The third kappa shape index (κ3) is 3.27. The van der Waals surface area contributed by atoms with Crippen LogP contribution in [0.5, 0.6) is 0 Å². The van der Waals surface area contributed by atoms with Crippen molar-refractivity contribution in [1.82, 2.24) is 15.5 Å². The molecule has 0 aromatic heterocycles. The van der Waals surface area contributed by atoms with Crippen molar-refractivity contribution < 1.29 is 19.5 Å². The maximum Gasteiger partial charge on any atom is 0.325 e. The van der Waals surface area contributed by atoms with E-state index in [-0.39, 0.29) is 36.9 Å². The van der Waals surface area contributed by atoms with E-state index in [1.54, 1.807) is 0 Å². The first-order chi connectivity index (χ1) is 9.56. The van der Waals surface area contributed by atoms with E-state index in [0.29, 0.717) is 6.54 Å². The van der Waals surface area contributed by atoms with Crippen LogP contribution < -0.4 is 10.6 Å². The van der Waals surface area contributed by atoms with Gasteiger partial charge in [-0.3, -0.25) is 14.5 Å². The predicted octanol–water partition coefficient (Wildman–Crippen LogP) is -0.403. The zero-order valence-corrected chi connectivity index (χ0v) is 11.5. The van der Waals surface area contributed by atoms with Crippen LogP contribution in [0.4, 0.5) is 4.79 Å². The summed E-state index contributed by atoms with van der Waals surface area (Å²) in [5, 5.41) is 14.6. The Hall–Kier alpha value is -1.63. The molecule has 1 heterocycles. The van der Waals surface area contributed by atoms with E-state index in [4.69, 9.17) is 0 Å². The maximum atomic E-state index is 11.8. The Kier molecular flexibility index (Phi) is 4.59. The van der Waals surface area contributed by atoms with Crippen LogP contribution in [0, 0.1) is 5.41 Å². The van der Waals surface area contributed by atoms with Crippen molar-refractivity contribution in [1.29, 1.82) is 0 Å². The van der Waals surface area contributed by atoms with Crippen LogP contribution in [-0.2, 0) is 9.59 Å². The van der Waals surface area contributed by atoms with Gasteiger partial charge in [0.25, 0.3) is 5.91 Å². The third-order valence-corrected chi connectivity index (χ3v) is 4.15. The average Bonchev–Trinajstić information content (AvgIpc) is 2.78. The topological polar surface area (TPSA) is 98.7 Å². The first kappa shape index (κ1) is 14.8. The minimum atomic E-state index is -0.528. The normalized spacial score (nSPS) is 21.8. The maximum absolute atomic E-state index is 11.8. The Morgan fingerprint density at radius 1 is 1.30 bits per heavy atom. The molecule has 3 N–H and O–H groups in total. The lowest BCUT2D eigenvalue weighted by Crippen LogP contribution is -2.46. The van der Waals surface area contributed by atoms with Gasteiger partial charge < -0.3 is 15.7 Å². The molecular weight excluding hydrogens is 262 g/mol. The molecular formula is C13H21N3O4. The molecule has 0 spiro atoms. The highest BCUT2D eigenvalue weighted by Gasteiger charge is 2.33. The summed E-state index contributed by atoms with van der Waals surface area (Å²) in [5.74, 6) is -0.756. The summed E-state index contributed by atoms with van der Waals surface area (Å²) >= 11 is 0. The highest BCUT2D eigenvalue weighted by Crippen LogP contribution is 2.35. The Labute approximate surface area is 117 Å². The zero-order valence-electron chi connectivity index (χ0n) is 11.5. The van der Waals surface area contributed by atoms with Crippen molar-refractivity contribution in [2.24, 2.45) is 5.41 Å². The number of carbonyl (C=O) groups excluding carboxylic acids is 3. The monoisotopic (exact) mass is 283 g/mol. The lowest BCUT2D eigenvalue weighted by Gasteiger charge is -2.35. The SMILES string of the molecule is O=C(CN1C(=O)CNC1=O)NCC1(CO)CCCCC1. The summed E-state index contributed by atoms with van der Waals surface area (Å²) in [6.07, 6.45) is 5.07. The summed E-state index contributed by atoms with van der Waals surface area (Å²) in [6, 6.07) is -0.528. The lowest BCUT2D eigenvalue weighted by atomic mass is 9.74. The highest BCUT2D eigenvalue weighted by molar-refractivity contribution is 6.04. The minimum Gasteiger partial charge on any atom is -0.396 e. The molecule has 2 aliphatic rings. The van der Waals surface area contributed by atoms with E-state index in [0.717, 1.165) is 37.0 Å². The molecule has 0 unspecified atom stereocenters. The van der Waals surface area contributed by atoms with E-state index < -0.39 is 6.03 Å². The number of nitrogens with zero attached hydrogens (tertiary/aromatic N) is 1. The molecule has 20 heavy (non-hydrogen) atoms. The van der Waals surface area contributed by atoms with E-state index in [1.165, 1.54) is 0 Å². The number of imide groups is 1. The molecule has 4 amide bonds. The highest BCUT2D eigenvalue weighted by atomic mass is 16.3.